The van der Waals surface area contributed by atoms with Gasteiger partial charge in [-0.15, -0.1) is 12.4 Å². The Labute approximate surface area is 157 Å². The first-order chi connectivity index (χ1) is 11.1. The predicted molar refractivity (Wildman–Crippen MR) is 98.2 cm³/mol. The van der Waals surface area contributed by atoms with Crippen molar-refractivity contribution < 1.29 is 9.59 Å². The van der Waals surface area contributed by atoms with Crippen LogP contribution in [0.4, 0.5) is 5.69 Å². The standard InChI is InChI=1S/C16H19Cl2N3O2.ClH/c17-13-3-2-11(10-14(13)18)21-8-4-12(16(21)23)15(22)20-7-1-5-19-6-9-20;/h2-3,10,12,19H,1,4-9H2;1H. The molecule has 0 aromatic heterocycles. The third-order valence-electron chi connectivity index (χ3n) is 4.37. The highest BCUT2D eigenvalue weighted by molar-refractivity contribution is 6.42. The van der Waals surface area contributed by atoms with Gasteiger partial charge in [0.05, 0.1) is 10.0 Å². The summed E-state index contributed by atoms with van der Waals surface area (Å²) < 4.78 is 0. The first-order valence-electron chi connectivity index (χ1n) is 7.84. The number of carbonyl (C=O) groups is 2. The maximum atomic E-state index is 12.7. The number of benzene rings is 1. The minimum Gasteiger partial charge on any atom is -0.341 e. The predicted octanol–water partition coefficient (Wildman–Crippen LogP) is 2.59. The maximum Gasteiger partial charge on any atom is 0.239 e. The lowest BCUT2D eigenvalue weighted by Gasteiger charge is -2.23. The average molecular weight is 393 g/mol. The van der Waals surface area contributed by atoms with Crippen LogP contribution in [0.15, 0.2) is 18.2 Å². The molecule has 2 aliphatic heterocycles. The highest BCUT2D eigenvalue weighted by Gasteiger charge is 2.39. The second-order valence-electron chi connectivity index (χ2n) is 5.86. The van der Waals surface area contributed by atoms with E-state index in [1.807, 2.05) is 0 Å². The Balaban J connectivity index is 0.00000208. The Morgan fingerprint density at radius 1 is 1.12 bits per heavy atom. The van der Waals surface area contributed by atoms with Gasteiger partial charge in [-0.2, -0.15) is 0 Å². The first-order valence-corrected chi connectivity index (χ1v) is 8.59. The van der Waals surface area contributed by atoms with E-state index in [1.54, 1.807) is 28.0 Å². The molecule has 2 heterocycles. The molecule has 2 fully saturated rings. The highest BCUT2D eigenvalue weighted by Crippen LogP contribution is 2.31. The summed E-state index contributed by atoms with van der Waals surface area (Å²) in [6, 6.07) is 5.10. The van der Waals surface area contributed by atoms with Crippen LogP contribution in [-0.2, 0) is 9.59 Å². The Morgan fingerprint density at radius 2 is 1.92 bits per heavy atom. The number of nitrogens with zero attached hydrogens (tertiary/aromatic N) is 2. The Morgan fingerprint density at radius 3 is 2.67 bits per heavy atom. The SMILES string of the molecule is Cl.O=C(C1CCN(c2ccc(Cl)c(Cl)c2)C1=O)N1CCCNCC1. The molecule has 1 unspecified atom stereocenters. The number of nitrogens with one attached hydrogen (secondary N) is 1. The zero-order valence-corrected chi connectivity index (χ0v) is 15.5. The van der Waals surface area contributed by atoms with E-state index in [9.17, 15) is 9.59 Å². The van der Waals surface area contributed by atoms with E-state index in [1.165, 1.54) is 0 Å². The van der Waals surface area contributed by atoms with Crippen molar-refractivity contribution in [2.75, 3.05) is 37.6 Å². The van der Waals surface area contributed by atoms with E-state index >= 15 is 0 Å². The molecule has 1 aromatic carbocycles. The second kappa shape index (κ2) is 8.39. The van der Waals surface area contributed by atoms with Crippen LogP contribution in [0.2, 0.25) is 10.0 Å². The summed E-state index contributed by atoms with van der Waals surface area (Å²) in [4.78, 5) is 28.8. The Kier molecular flexibility index (Phi) is 6.75. The molecule has 0 spiro atoms. The lowest BCUT2D eigenvalue weighted by atomic mass is 10.1. The van der Waals surface area contributed by atoms with Crippen molar-refractivity contribution in [1.82, 2.24) is 10.2 Å². The van der Waals surface area contributed by atoms with Crippen molar-refractivity contribution in [3.8, 4) is 0 Å². The molecule has 2 saturated heterocycles. The molecule has 2 aliphatic rings. The van der Waals surface area contributed by atoms with Gasteiger partial charge in [0.1, 0.15) is 5.92 Å². The second-order valence-corrected chi connectivity index (χ2v) is 6.67. The van der Waals surface area contributed by atoms with Crippen molar-refractivity contribution in [1.29, 1.82) is 0 Å². The molecular weight excluding hydrogens is 373 g/mol. The van der Waals surface area contributed by atoms with Gasteiger partial charge >= 0.3 is 0 Å². The number of amides is 2. The molecule has 2 amide bonds. The Bertz CT molecular complexity index is 619. The van der Waals surface area contributed by atoms with E-state index in [0.717, 1.165) is 19.5 Å². The number of hydrogen-bond acceptors (Lipinski definition) is 3. The fourth-order valence-electron chi connectivity index (χ4n) is 3.10. The molecule has 132 valence electrons. The molecule has 0 bridgehead atoms. The smallest absolute Gasteiger partial charge is 0.239 e. The van der Waals surface area contributed by atoms with Crippen LogP contribution in [0.25, 0.3) is 0 Å². The number of rotatable bonds is 2. The lowest BCUT2D eigenvalue weighted by Crippen LogP contribution is -2.41. The molecule has 0 radical (unpaired) electrons. The molecule has 24 heavy (non-hydrogen) atoms. The minimum atomic E-state index is -0.581. The van der Waals surface area contributed by atoms with Crippen molar-refractivity contribution in [3.63, 3.8) is 0 Å². The van der Waals surface area contributed by atoms with E-state index in [-0.39, 0.29) is 24.2 Å². The topological polar surface area (TPSA) is 52.7 Å². The van der Waals surface area contributed by atoms with Gasteiger partial charge in [0.2, 0.25) is 11.8 Å². The minimum absolute atomic E-state index is 0. The third-order valence-corrected chi connectivity index (χ3v) is 5.11. The summed E-state index contributed by atoms with van der Waals surface area (Å²) in [6.07, 6.45) is 1.46. The molecule has 1 N–H and O–H groups in total. The molecule has 8 heteroatoms. The number of hydrogen-bond donors (Lipinski definition) is 1. The summed E-state index contributed by atoms with van der Waals surface area (Å²) in [7, 11) is 0. The molecular formula is C16H20Cl3N3O2. The normalized spacial score (nSPS) is 21.4. The van der Waals surface area contributed by atoms with Gasteiger partial charge in [0.15, 0.2) is 0 Å². The van der Waals surface area contributed by atoms with Crippen LogP contribution in [0.3, 0.4) is 0 Å². The molecule has 1 aromatic rings. The molecule has 1 atom stereocenters. The lowest BCUT2D eigenvalue weighted by molar-refractivity contribution is -0.139. The zero-order chi connectivity index (χ0) is 16.4. The number of carbonyl (C=O) groups excluding carboxylic acids is 2. The van der Waals surface area contributed by atoms with E-state index in [2.05, 4.69) is 5.32 Å². The van der Waals surface area contributed by atoms with Crippen LogP contribution in [0.5, 0.6) is 0 Å². The van der Waals surface area contributed by atoms with Gasteiger partial charge in [0, 0.05) is 31.9 Å². The maximum absolute atomic E-state index is 12.7. The van der Waals surface area contributed by atoms with E-state index < -0.39 is 5.92 Å². The Hall–Kier alpha value is -1.01. The van der Waals surface area contributed by atoms with Crippen LogP contribution >= 0.6 is 35.6 Å². The summed E-state index contributed by atoms with van der Waals surface area (Å²) in [5.41, 5.74) is 0.692. The molecule has 0 saturated carbocycles. The fourth-order valence-corrected chi connectivity index (χ4v) is 3.40. The van der Waals surface area contributed by atoms with E-state index in [0.29, 0.717) is 41.8 Å². The first kappa shape index (κ1) is 19.3. The van der Waals surface area contributed by atoms with Crippen LogP contribution in [0.1, 0.15) is 12.8 Å². The highest BCUT2D eigenvalue weighted by atomic mass is 35.5. The van der Waals surface area contributed by atoms with Crippen LogP contribution in [-0.4, -0.2) is 49.4 Å². The van der Waals surface area contributed by atoms with Crippen molar-refractivity contribution in [3.05, 3.63) is 28.2 Å². The van der Waals surface area contributed by atoms with Crippen molar-refractivity contribution in [2.45, 2.75) is 12.8 Å². The van der Waals surface area contributed by atoms with Gasteiger partial charge in [-0.3, -0.25) is 9.59 Å². The number of halogens is 3. The quantitative estimate of drug-likeness (QED) is 0.787. The molecule has 5 nitrogen and oxygen atoms in total. The summed E-state index contributed by atoms with van der Waals surface area (Å²) in [5.74, 6) is -0.783. The fraction of sp³-hybridized carbons (Fsp3) is 0.500. The third kappa shape index (κ3) is 3.97. The van der Waals surface area contributed by atoms with Gasteiger partial charge in [-0.25, -0.2) is 0 Å². The summed E-state index contributed by atoms with van der Waals surface area (Å²) >= 11 is 11.9. The number of anilines is 1. The zero-order valence-electron chi connectivity index (χ0n) is 13.1. The van der Waals surface area contributed by atoms with E-state index in [4.69, 9.17) is 23.2 Å². The van der Waals surface area contributed by atoms with Crippen LogP contribution < -0.4 is 10.2 Å². The van der Waals surface area contributed by atoms with Gasteiger partial charge in [0.25, 0.3) is 0 Å². The average Bonchev–Trinajstić information content (AvgIpc) is 2.76. The van der Waals surface area contributed by atoms with Crippen LogP contribution in [0, 0.1) is 5.92 Å². The van der Waals surface area contributed by atoms with Gasteiger partial charge in [-0.05, 0) is 37.6 Å². The van der Waals surface area contributed by atoms with Gasteiger partial charge in [-0.1, -0.05) is 23.2 Å². The molecule has 0 aliphatic carbocycles. The summed E-state index contributed by atoms with van der Waals surface area (Å²) in [5, 5.41) is 4.12. The van der Waals surface area contributed by atoms with Crippen molar-refractivity contribution in [2.24, 2.45) is 5.92 Å². The summed E-state index contributed by atoms with van der Waals surface area (Å²) in [6.45, 7) is 3.60. The largest absolute Gasteiger partial charge is 0.341 e. The van der Waals surface area contributed by atoms with Crippen molar-refractivity contribution >= 4 is 53.1 Å². The van der Waals surface area contributed by atoms with Gasteiger partial charge < -0.3 is 15.1 Å². The molecule has 3 rings (SSSR count). The monoisotopic (exact) mass is 391 g/mol.